The summed E-state index contributed by atoms with van der Waals surface area (Å²) in [6.45, 7) is 15.4. The summed E-state index contributed by atoms with van der Waals surface area (Å²) < 4.78 is 20.0. The van der Waals surface area contributed by atoms with Crippen molar-refractivity contribution in [3.63, 3.8) is 0 Å². The number of carbonyl (C=O) groups is 3. The monoisotopic (exact) mass is 768 g/mol. The highest BCUT2D eigenvalue weighted by atomic mass is 16.5. The van der Waals surface area contributed by atoms with Crippen molar-refractivity contribution >= 4 is 34.3 Å². The van der Waals surface area contributed by atoms with Crippen LogP contribution in [0, 0.1) is 23.2 Å². The summed E-state index contributed by atoms with van der Waals surface area (Å²) in [4.78, 5) is 48.9. The van der Waals surface area contributed by atoms with Crippen molar-refractivity contribution in [2.75, 3.05) is 47.1 Å². The second-order valence-electron chi connectivity index (χ2n) is 17.2. The number of hydrogen-bond acceptors (Lipinski definition) is 9. The number of ether oxygens (including phenoxy) is 3. The van der Waals surface area contributed by atoms with Crippen LogP contribution in [-0.2, 0) is 41.6 Å². The number of pyridine rings is 1. The number of benzene rings is 1. The van der Waals surface area contributed by atoms with Crippen molar-refractivity contribution in [2.24, 2.45) is 23.2 Å². The molecule has 2 amide bonds. The number of nitrogens with zero attached hydrogens (tertiary/aromatic N) is 4. The van der Waals surface area contributed by atoms with E-state index in [4.69, 9.17) is 19.2 Å². The van der Waals surface area contributed by atoms with Gasteiger partial charge in [0.25, 0.3) is 5.91 Å². The number of methoxy groups -OCH3 is 2. The molecule has 3 aliphatic heterocycles. The Hall–Kier alpha value is -4.10. The first kappa shape index (κ1) is 40.1. The zero-order chi connectivity index (χ0) is 39.9. The van der Waals surface area contributed by atoms with E-state index in [0.717, 1.165) is 46.4 Å². The van der Waals surface area contributed by atoms with E-state index >= 15 is 0 Å². The number of hydrazine groups is 1. The van der Waals surface area contributed by atoms with Crippen molar-refractivity contribution < 1.29 is 28.6 Å². The first-order valence-corrected chi connectivity index (χ1v) is 20.5. The molecular weight excluding hydrogens is 709 g/mol. The van der Waals surface area contributed by atoms with E-state index in [9.17, 15) is 14.4 Å². The molecule has 12 nitrogen and oxygen atoms in total. The van der Waals surface area contributed by atoms with Gasteiger partial charge in [-0.3, -0.25) is 29.3 Å². The molecule has 2 aromatic heterocycles. The van der Waals surface area contributed by atoms with Crippen molar-refractivity contribution in [1.82, 2.24) is 30.2 Å². The Labute approximate surface area is 331 Å². The van der Waals surface area contributed by atoms with Crippen molar-refractivity contribution in [1.29, 1.82) is 0 Å². The highest BCUT2D eigenvalue weighted by Crippen LogP contribution is 2.46. The van der Waals surface area contributed by atoms with Gasteiger partial charge in [-0.1, -0.05) is 39.8 Å². The normalized spacial score (nSPS) is 28.6. The highest BCUT2D eigenvalue weighted by Gasteiger charge is 2.49. The molecule has 0 radical (unpaired) electrons. The lowest BCUT2D eigenvalue weighted by Gasteiger charge is -2.40. The molecule has 1 saturated heterocycles. The van der Waals surface area contributed by atoms with Gasteiger partial charge in [-0.25, -0.2) is 5.43 Å². The van der Waals surface area contributed by atoms with Crippen LogP contribution in [0.1, 0.15) is 83.7 Å². The predicted molar refractivity (Wildman–Crippen MR) is 216 cm³/mol. The average Bonchev–Trinajstić information content (AvgIpc) is 3.69. The number of amides is 2. The van der Waals surface area contributed by atoms with E-state index in [0.29, 0.717) is 45.5 Å². The topological polar surface area (TPSA) is 127 Å². The zero-order valence-electron chi connectivity index (χ0n) is 34.4. The lowest BCUT2D eigenvalue weighted by molar-refractivity contribution is -0.155. The molecule has 0 spiro atoms. The zero-order valence-corrected chi connectivity index (χ0v) is 34.4. The molecule has 302 valence electrons. The quantitative estimate of drug-likeness (QED) is 0.284. The highest BCUT2D eigenvalue weighted by molar-refractivity contribution is 5.95. The minimum atomic E-state index is -0.820. The van der Waals surface area contributed by atoms with Gasteiger partial charge in [0.15, 0.2) is 0 Å². The minimum Gasteiger partial charge on any atom is -0.464 e. The van der Waals surface area contributed by atoms with Gasteiger partial charge < -0.3 is 24.1 Å². The van der Waals surface area contributed by atoms with Crippen LogP contribution in [0.25, 0.3) is 27.7 Å². The third kappa shape index (κ3) is 7.90. The molecule has 2 fully saturated rings. The van der Waals surface area contributed by atoms with Crippen LogP contribution < -0.4 is 10.7 Å². The summed E-state index contributed by atoms with van der Waals surface area (Å²) in [5, 5.41) is 5.84. The number of esters is 1. The number of carbonyl (C=O) groups excluding carboxylic acids is 3. The number of fused-ring (bicyclic) bond motifs is 6. The molecule has 5 heterocycles. The number of aromatic nitrogens is 2. The molecule has 3 aromatic rings. The Morgan fingerprint density at radius 2 is 1.95 bits per heavy atom. The molecule has 2 N–H and O–H groups in total. The van der Waals surface area contributed by atoms with Gasteiger partial charge in [-0.05, 0) is 92.3 Å². The lowest BCUT2D eigenvalue weighted by Crippen LogP contribution is -2.62. The summed E-state index contributed by atoms with van der Waals surface area (Å²) in [7, 11) is 3.41. The van der Waals surface area contributed by atoms with Crippen LogP contribution >= 0.6 is 0 Å². The Morgan fingerprint density at radius 1 is 1.16 bits per heavy atom. The molecule has 1 unspecified atom stereocenters. The van der Waals surface area contributed by atoms with Crippen molar-refractivity contribution in [3.05, 3.63) is 59.4 Å². The molecule has 7 rings (SSSR count). The van der Waals surface area contributed by atoms with Crippen LogP contribution in [0.2, 0.25) is 0 Å². The fourth-order valence-electron chi connectivity index (χ4n) is 9.15. The number of rotatable bonds is 8. The van der Waals surface area contributed by atoms with Crippen LogP contribution in [0.5, 0.6) is 0 Å². The largest absolute Gasteiger partial charge is 0.464 e. The van der Waals surface area contributed by atoms with E-state index in [1.165, 1.54) is 16.1 Å². The van der Waals surface area contributed by atoms with E-state index < -0.39 is 17.5 Å². The van der Waals surface area contributed by atoms with Crippen LogP contribution in [0.4, 0.5) is 0 Å². The van der Waals surface area contributed by atoms with Gasteiger partial charge in [0, 0.05) is 80.4 Å². The average molecular weight is 769 g/mol. The molecule has 6 bridgehead atoms. The standard InChI is InChI=1S/C44H60N6O6/c1-9-49-37-17-15-29-20-33(37)34(40(49)32-12-10-18-45-39(32)28(4)55-8)21-44(5,6)25-56-43(53)35-13-11-19-50(47-35)42(52)36(46-41(51)38-26(2)27(38)3)23-48-22-30(29)14-16-31(48)24-54-7/h10,12,14-15,17-18,20,26-28,31,35-36,38,47H,9,11,13,16,19,21-25H2,1-8H3,(H,46,51)/t26-,27+,28-,31+,35-,36-,38+/m0/s1. The molecule has 4 aliphatic rings. The summed E-state index contributed by atoms with van der Waals surface area (Å²) in [6.07, 6.45) is 6.46. The first-order chi connectivity index (χ1) is 26.8. The van der Waals surface area contributed by atoms with E-state index in [2.05, 4.69) is 85.2 Å². The minimum absolute atomic E-state index is 0.0111. The number of cyclic esters (lactones) is 1. The summed E-state index contributed by atoms with van der Waals surface area (Å²) in [5.74, 6) is -0.314. The predicted octanol–water partition coefficient (Wildman–Crippen LogP) is 5.54. The van der Waals surface area contributed by atoms with Gasteiger partial charge in [0.2, 0.25) is 5.91 Å². The van der Waals surface area contributed by atoms with Crippen molar-refractivity contribution in [3.8, 4) is 11.3 Å². The fraction of sp³-hybridized carbons (Fsp3) is 0.591. The molecule has 1 saturated carbocycles. The van der Waals surface area contributed by atoms with Gasteiger partial charge in [-0.15, -0.1) is 0 Å². The van der Waals surface area contributed by atoms with Crippen molar-refractivity contribution in [2.45, 2.75) is 98.0 Å². The maximum Gasteiger partial charge on any atom is 0.324 e. The third-order valence-electron chi connectivity index (χ3n) is 12.7. The summed E-state index contributed by atoms with van der Waals surface area (Å²) >= 11 is 0. The molecular formula is C44H60N6O6. The van der Waals surface area contributed by atoms with Crippen LogP contribution in [0.3, 0.4) is 0 Å². The Morgan fingerprint density at radius 3 is 2.66 bits per heavy atom. The van der Waals surface area contributed by atoms with Gasteiger partial charge in [0.05, 0.1) is 30.7 Å². The SMILES string of the molecule is CCn1c(-c2cccnc2[C@H](C)OC)c2c3cc(ccc31)C1=CC[C@H](COC)N(C1)C[C@H](NC(=O)[C@H]1[C@H](C)[C@@H]1C)C(=O)N1CCC[C@H](N1)C(=O)OCC(C)(C)C2. The number of nitrogens with one attached hydrogen (secondary N) is 2. The third-order valence-corrected chi connectivity index (χ3v) is 12.7. The Bertz CT molecular complexity index is 1980. The molecule has 1 aliphatic carbocycles. The molecule has 8 atom stereocenters. The second kappa shape index (κ2) is 16.4. The summed E-state index contributed by atoms with van der Waals surface area (Å²) in [5.41, 5.74) is 10.3. The lowest BCUT2D eigenvalue weighted by atomic mass is 9.84. The maximum atomic E-state index is 14.4. The van der Waals surface area contributed by atoms with E-state index in [1.54, 1.807) is 14.2 Å². The number of hydrogen-bond donors (Lipinski definition) is 2. The Balaban J connectivity index is 1.36. The first-order valence-electron chi connectivity index (χ1n) is 20.5. The number of aryl methyl sites for hydroxylation is 1. The molecule has 56 heavy (non-hydrogen) atoms. The maximum absolute atomic E-state index is 14.4. The van der Waals surface area contributed by atoms with Crippen LogP contribution in [0.15, 0.2) is 42.6 Å². The molecule has 12 heteroatoms. The van der Waals surface area contributed by atoms with Crippen LogP contribution in [-0.4, -0.2) is 102 Å². The van der Waals surface area contributed by atoms with Gasteiger partial charge >= 0.3 is 5.97 Å². The van der Waals surface area contributed by atoms with E-state index in [-0.39, 0.29) is 54.3 Å². The second-order valence-corrected chi connectivity index (χ2v) is 17.2. The Kier molecular flexibility index (Phi) is 11.7. The summed E-state index contributed by atoms with van der Waals surface area (Å²) in [6, 6.07) is 9.36. The van der Waals surface area contributed by atoms with E-state index in [1.807, 2.05) is 19.2 Å². The molecule has 1 aromatic carbocycles. The van der Waals surface area contributed by atoms with Gasteiger partial charge in [0.1, 0.15) is 12.1 Å². The fourth-order valence-corrected chi connectivity index (χ4v) is 9.15. The van der Waals surface area contributed by atoms with Gasteiger partial charge in [-0.2, -0.15) is 0 Å². The smallest absolute Gasteiger partial charge is 0.324 e.